The minimum atomic E-state index is -0.676. The van der Waals surface area contributed by atoms with Crippen LogP contribution in [0, 0.1) is 0 Å². The molecule has 106 valence electrons. The van der Waals surface area contributed by atoms with Gasteiger partial charge in [-0.1, -0.05) is 24.6 Å². The second-order valence-corrected chi connectivity index (χ2v) is 7.50. The van der Waals surface area contributed by atoms with Gasteiger partial charge in [0.2, 0.25) is 5.91 Å². The van der Waals surface area contributed by atoms with E-state index in [1.54, 1.807) is 0 Å². The molecular weight excluding hydrogens is 270 g/mol. The SMILES string of the molecule is CC(=O)Nc1ccc(C2=CC3CCCC(C2)S3=O)cc1. The molecule has 4 heteroatoms. The first-order chi connectivity index (χ1) is 9.63. The molecule has 3 atom stereocenters. The number of hydrogen-bond donors (Lipinski definition) is 1. The van der Waals surface area contributed by atoms with Crippen LogP contribution >= 0.6 is 0 Å². The maximum atomic E-state index is 12.2. The summed E-state index contributed by atoms with van der Waals surface area (Å²) in [7, 11) is -0.676. The number of nitrogens with one attached hydrogen (secondary N) is 1. The van der Waals surface area contributed by atoms with Gasteiger partial charge in [-0.25, -0.2) is 0 Å². The van der Waals surface area contributed by atoms with E-state index in [4.69, 9.17) is 0 Å². The van der Waals surface area contributed by atoms with Crippen LogP contribution in [0.15, 0.2) is 30.3 Å². The number of anilines is 1. The first kappa shape index (κ1) is 13.6. The van der Waals surface area contributed by atoms with Crippen LogP contribution in [-0.4, -0.2) is 20.6 Å². The third-order valence-electron chi connectivity index (χ3n) is 4.05. The average molecular weight is 289 g/mol. The van der Waals surface area contributed by atoms with Crippen molar-refractivity contribution in [3.63, 3.8) is 0 Å². The molecule has 2 bridgehead atoms. The number of allylic oxidation sites excluding steroid dienone is 1. The second-order valence-electron chi connectivity index (χ2n) is 5.57. The minimum Gasteiger partial charge on any atom is -0.326 e. The first-order valence-electron chi connectivity index (χ1n) is 7.11. The molecule has 2 heterocycles. The molecule has 1 fully saturated rings. The van der Waals surface area contributed by atoms with Crippen LogP contribution in [-0.2, 0) is 15.6 Å². The fourth-order valence-corrected chi connectivity index (χ4v) is 5.02. The second kappa shape index (κ2) is 5.52. The summed E-state index contributed by atoms with van der Waals surface area (Å²) >= 11 is 0. The average Bonchev–Trinajstić information content (AvgIpc) is 2.39. The van der Waals surface area contributed by atoms with Crippen molar-refractivity contribution in [2.45, 2.75) is 43.1 Å². The van der Waals surface area contributed by atoms with Gasteiger partial charge in [0, 0.05) is 28.7 Å². The Morgan fingerprint density at radius 2 is 2.00 bits per heavy atom. The number of rotatable bonds is 2. The lowest BCUT2D eigenvalue weighted by molar-refractivity contribution is -0.114. The maximum absolute atomic E-state index is 12.2. The molecule has 0 aliphatic carbocycles. The van der Waals surface area contributed by atoms with Crippen molar-refractivity contribution < 1.29 is 9.00 Å². The predicted molar refractivity (Wildman–Crippen MR) is 82.9 cm³/mol. The molecule has 3 nitrogen and oxygen atoms in total. The Morgan fingerprint density at radius 1 is 1.25 bits per heavy atom. The highest BCUT2D eigenvalue weighted by Crippen LogP contribution is 2.37. The van der Waals surface area contributed by atoms with Crippen molar-refractivity contribution >= 4 is 28.0 Å². The van der Waals surface area contributed by atoms with E-state index in [1.165, 1.54) is 24.5 Å². The molecule has 1 amide bonds. The summed E-state index contributed by atoms with van der Waals surface area (Å²) in [5, 5.41) is 3.35. The van der Waals surface area contributed by atoms with Gasteiger partial charge in [-0.3, -0.25) is 9.00 Å². The van der Waals surface area contributed by atoms with E-state index in [-0.39, 0.29) is 11.2 Å². The summed E-state index contributed by atoms with van der Waals surface area (Å²) in [6.07, 6.45) is 6.47. The summed E-state index contributed by atoms with van der Waals surface area (Å²) in [5.74, 6) is -0.0560. The Bertz CT molecular complexity index is 577. The van der Waals surface area contributed by atoms with Gasteiger partial charge in [0.25, 0.3) is 0 Å². The zero-order valence-corrected chi connectivity index (χ0v) is 12.4. The zero-order valence-electron chi connectivity index (χ0n) is 11.6. The van der Waals surface area contributed by atoms with Crippen molar-refractivity contribution in [1.82, 2.24) is 0 Å². The zero-order chi connectivity index (χ0) is 14.1. The normalized spacial score (nSPS) is 28.6. The number of fused-ring (bicyclic) bond motifs is 2. The standard InChI is InChI=1S/C16H19NO2S/c1-11(18)17-14-7-5-12(6-8-14)13-9-15-3-2-4-16(10-13)20(15)19/h5-9,15-16H,2-4,10H2,1H3,(H,17,18). The lowest BCUT2D eigenvalue weighted by Gasteiger charge is -2.32. The van der Waals surface area contributed by atoms with Gasteiger partial charge in [-0.2, -0.15) is 0 Å². The molecule has 1 aromatic carbocycles. The Hall–Kier alpha value is -1.42. The molecule has 0 spiro atoms. The van der Waals surface area contributed by atoms with E-state index in [2.05, 4.69) is 11.4 Å². The fraction of sp³-hybridized carbons (Fsp3) is 0.438. The summed E-state index contributed by atoms with van der Waals surface area (Å²) in [6.45, 7) is 1.51. The fourth-order valence-electron chi connectivity index (χ4n) is 3.08. The van der Waals surface area contributed by atoms with Gasteiger partial charge < -0.3 is 5.32 Å². The van der Waals surface area contributed by atoms with Crippen LogP contribution in [0.5, 0.6) is 0 Å². The monoisotopic (exact) mass is 289 g/mol. The quantitative estimate of drug-likeness (QED) is 0.909. The van der Waals surface area contributed by atoms with Crippen LogP contribution < -0.4 is 5.32 Å². The smallest absolute Gasteiger partial charge is 0.221 e. The maximum Gasteiger partial charge on any atom is 0.221 e. The number of amides is 1. The lowest BCUT2D eigenvalue weighted by Crippen LogP contribution is -2.33. The third-order valence-corrected chi connectivity index (χ3v) is 6.08. The Kier molecular flexibility index (Phi) is 3.74. The third kappa shape index (κ3) is 2.70. The molecule has 20 heavy (non-hydrogen) atoms. The van der Waals surface area contributed by atoms with Gasteiger partial charge in [0.05, 0.1) is 5.25 Å². The lowest BCUT2D eigenvalue weighted by atomic mass is 9.93. The molecule has 0 saturated carbocycles. The van der Waals surface area contributed by atoms with Gasteiger partial charge in [-0.05, 0) is 42.5 Å². The molecule has 3 rings (SSSR count). The van der Waals surface area contributed by atoms with Crippen LogP contribution in [0.3, 0.4) is 0 Å². The molecule has 1 aromatic rings. The Morgan fingerprint density at radius 3 is 2.65 bits per heavy atom. The highest BCUT2D eigenvalue weighted by atomic mass is 32.2. The van der Waals surface area contributed by atoms with Crippen LogP contribution in [0.25, 0.3) is 5.57 Å². The number of carbonyl (C=O) groups excluding carboxylic acids is 1. The number of carbonyl (C=O) groups is 1. The molecule has 3 unspecified atom stereocenters. The first-order valence-corrected chi connectivity index (χ1v) is 8.39. The molecular formula is C16H19NO2S. The van der Waals surface area contributed by atoms with Crippen LogP contribution in [0.4, 0.5) is 5.69 Å². The largest absolute Gasteiger partial charge is 0.326 e. The van der Waals surface area contributed by atoms with Crippen molar-refractivity contribution in [3.05, 3.63) is 35.9 Å². The summed E-state index contributed by atoms with van der Waals surface area (Å²) in [5.41, 5.74) is 3.32. The Labute approximate surface area is 121 Å². The summed E-state index contributed by atoms with van der Waals surface area (Å²) in [4.78, 5) is 11.0. The van der Waals surface area contributed by atoms with Gasteiger partial charge in [-0.15, -0.1) is 0 Å². The van der Waals surface area contributed by atoms with E-state index >= 15 is 0 Å². The predicted octanol–water partition coefficient (Wildman–Crippen LogP) is 3.10. The molecule has 2 aliphatic heterocycles. The number of benzene rings is 1. The van der Waals surface area contributed by atoms with E-state index in [0.29, 0.717) is 5.25 Å². The van der Waals surface area contributed by atoms with Crippen molar-refractivity contribution in [2.24, 2.45) is 0 Å². The molecule has 0 radical (unpaired) electrons. The van der Waals surface area contributed by atoms with Crippen molar-refractivity contribution in [3.8, 4) is 0 Å². The van der Waals surface area contributed by atoms with Crippen molar-refractivity contribution in [2.75, 3.05) is 5.32 Å². The highest BCUT2D eigenvalue weighted by molar-refractivity contribution is 7.86. The van der Waals surface area contributed by atoms with Crippen molar-refractivity contribution in [1.29, 1.82) is 0 Å². The van der Waals surface area contributed by atoms with E-state index in [1.807, 2.05) is 24.3 Å². The van der Waals surface area contributed by atoms with Gasteiger partial charge in [0.15, 0.2) is 0 Å². The Balaban J connectivity index is 1.82. The molecule has 1 saturated heterocycles. The van der Waals surface area contributed by atoms with E-state index < -0.39 is 10.8 Å². The van der Waals surface area contributed by atoms with Gasteiger partial charge in [0.1, 0.15) is 0 Å². The molecule has 0 aromatic heterocycles. The van der Waals surface area contributed by atoms with E-state index in [9.17, 15) is 9.00 Å². The van der Waals surface area contributed by atoms with E-state index in [0.717, 1.165) is 24.9 Å². The van der Waals surface area contributed by atoms with Gasteiger partial charge >= 0.3 is 0 Å². The highest BCUT2D eigenvalue weighted by Gasteiger charge is 2.33. The summed E-state index contributed by atoms with van der Waals surface area (Å²) in [6, 6.07) is 7.94. The topological polar surface area (TPSA) is 46.2 Å². The number of hydrogen-bond acceptors (Lipinski definition) is 2. The molecule has 1 N–H and O–H groups in total. The molecule has 2 aliphatic rings. The van der Waals surface area contributed by atoms with Crippen LogP contribution in [0.1, 0.15) is 38.2 Å². The van der Waals surface area contributed by atoms with Crippen LogP contribution in [0.2, 0.25) is 0 Å². The minimum absolute atomic E-state index is 0.0560. The summed E-state index contributed by atoms with van der Waals surface area (Å²) < 4.78 is 12.2.